The second-order valence-electron chi connectivity index (χ2n) is 7.75. The zero-order valence-electron chi connectivity index (χ0n) is 18.9. The zero-order valence-corrected chi connectivity index (χ0v) is 18.9. The van der Waals surface area contributed by atoms with E-state index in [1.54, 1.807) is 19.5 Å². The fourth-order valence-electron chi connectivity index (χ4n) is 3.77. The maximum atomic E-state index is 10.3. The van der Waals surface area contributed by atoms with Crippen molar-refractivity contribution in [3.8, 4) is 11.5 Å². The van der Waals surface area contributed by atoms with Gasteiger partial charge in [-0.3, -0.25) is 4.90 Å². The van der Waals surface area contributed by atoms with Crippen LogP contribution in [-0.4, -0.2) is 90.5 Å². The smallest absolute Gasteiger partial charge is 0.225 e. The fourth-order valence-corrected chi connectivity index (χ4v) is 3.77. The first-order valence-corrected chi connectivity index (χ1v) is 11.1. The summed E-state index contributed by atoms with van der Waals surface area (Å²) in [5.74, 6) is 2.16. The summed E-state index contributed by atoms with van der Waals surface area (Å²) >= 11 is 0. The first-order chi connectivity index (χ1) is 15.1. The van der Waals surface area contributed by atoms with Crippen LogP contribution in [0.15, 0.2) is 36.7 Å². The van der Waals surface area contributed by atoms with E-state index in [2.05, 4.69) is 44.6 Å². The molecule has 1 atom stereocenters. The molecule has 1 aliphatic heterocycles. The average Bonchev–Trinajstić information content (AvgIpc) is 2.82. The molecule has 8 nitrogen and oxygen atoms in total. The summed E-state index contributed by atoms with van der Waals surface area (Å²) in [5.41, 5.74) is 1.17. The van der Waals surface area contributed by atoms with E-state index in [-0.39, 0.29) is 6.61 Å². The van der Waals surface area contributed by atoms with Crippen LogP contribution in [0, 0.1) is 0 Å². The molecule has 0 aliphatic carbocycles. The van der Waals surface area contributed by atoms with Gasteiger partial charge in [0.1, 0.15) is 12.7 Å². The van der Waals surface area contributed by atoms with Crippen molar-refractivity contribution < 1.29 is 14.6 Å². The van der Waals surface area contributed by atoms with Gasteiger partial charge < -0.3 is 24.4 Å². The number of rotatable bonds is 11. The van der Waals surface area contributed by atoms with Gasteiger partial charge in [-0.25, -0.2) is 9.97 Å². The van der Waals surface area contributed by atoms with Crippen LogP contribution in [0.4, 0.5) is 5.95 Å². The highest BCUT2D eigenvalue weighted by Gasteiger charge is 2.19. The minimum Gasteiger partial charge on any atom is -0.493 e. The molecular formula is C23H35N5O3. The Kier molecular flexibility index (Phi) is 8.87. The van der Waals surface area contributed by atoms with Gasteiger partial charge in [0.2, 0.25) is 5.95 Å². The molecule has 0 amide bonds. The van der Waals surface area contributed by atoms with Crippen molar-refractivity contribution in [1.82, 2.24) is 19.8 Å². The van der Waals surface area contributed by atoms with Crippen LogP contribution in [0.1, 0.15) is 19.4 Å². The monoisotopic (exact) mass is 429 g/mol. The second-order valence-corrected chi connectivity index (χ2v) is 7.75. The molecule has 1 aromatic carbocycles. The number of piperazine rings is 1. The van der Waals surface area contributed by atoms with Crippen LogP contribution < -0.4 is 14.4 Å². The van der Waals surface area contributed by atoms with E-state index in [0.29, 0.717) is 18.0 Å². The predicted octanol–water partition coefficient (Wildman–Crippen LogP) is 1.89. The Bertz CT molecular complexity index is 780. The molecule has 1 fully saturated rings. The summed E-state index contributed by atoms with van der Waals surface area (Å²) in [7, 11) is 1.64. The maximum Gasteiger partial charge on any atom is 0.225 e. The summed E-state index contributed by atoms with van der Waals surface area (Å²) in [5, 5.41) is 10.3. The molecule has 0 bridgehead atoms. The number of anilines is 1. The van der Waals surface area contributed by atoms with Gasteiger partial charge in [-0.15, -0.1) is 0 Å². The molecule has 8 heteroatoms. The fraction of sp³-hybridized carbons (Fsp3) is 0.565. The molecule has 0 saturated carbocycles. The molecule has 3 rings (SSSR count). The summed E-state index contributed by atoms with van der Waals surface area (Å²) in [6.45, 7) is 11.4. The van der Waals surface area contributed by atoms with Crippen molar-refractivity contribution in [2.24, 2.45) is 0 Å². The second kappa shape index (κ2) is 11.8. The number of hydrogen-bond donors (Lipinski definition) is 1. The third kappa shape index (κ3) is 6.78. The molecule has 1 aliphatic rings. The van der Waals surface area contributed by atoms with Gasteiger partial charge in [0.25, 0.3) is 0 Å². The van der Waals surface area contributed by atoms with Crippen LogP contribution in [0.25, 0.3) is 0 Å². The van der Waals surface area contributed by atoms with Crippen LogP contribution in [-0.2, 0) is 6.54 Å². The number of aromatic nitrogens is 2. The van der Waals surface area contributed by atoms with E-state index in [1.807, 2.05) is 18.2 Å². The molecular weight excluding hydrogens is 394 g/mol. The Morgan fingerprint density at radius 1 is 1.06 bits per heavy atom. The molecule has 0 unspecified atom stereocenters. The molecule has 1 aromatic heterocycles. The maximum absolute atomic E-state index is 10.3. The minimum absolute atomic E-state index is 0.242. The van der Waals surface area contributed by atoms with E-state index in [1.165, 1.54) is 5.56 Å². The lowest BCUT2D eigenvalue weighted by molar-refractivity contribution is 0.0705. The summed E-state index contributed by atoms with van der Waals surface area (Å²) in [6, 6.07) is 7.88. The number of methoxy groups -OCH3 is 1. The van der Waals surface area contributed by atoms with Crippen molar-refractivity contribution in [2.45, 2.75) is 26.5 Å². The Morgan fingerprint density at radius 3 is 2.42 bits per heavy atom. The third-order valence-corrected chi connectivity index (χ3v) is 5.64. The summed E-state index contributed by atoms with van der Waals surface area (Å²) in [4.78, 5) is 15.5. The normalized spacial score (nSPS) is 15.8. The van der Waals surface area contributed by atoms with E-state index < -0.39 is 6.10 Å². The Labute approximate surface area is 185 Å². The number of ether oxygens (including phenoxy) is 2. The SMILES string of the molecule is CCN(CC)C[C@H](O)COc1cc(CN2CCN(c3ncccn3)CC2)ccc1OC. The molecule has 0 radical (unpaired) electrons. The van der Waals surface area contributed by atoms with Gasteiger partial charge >= 0.3 is 0 Å². The summed E-state index contributed by atoms with van der Waals surface area (Å²) in [6.07, 6.45) is 3.03. The number of hydrogen-bond acceptors (Lipinski definition) is 8. The molecule has 2 aromatic rings. The van der Waals surface area contributed by atoms with Gasteiger partial charge in [-0.1, -0.05) is 19.9 Å². The molecule has 0 spiro atoms. The van der Waals surface area contributed by atoms with E-state index >= 15 is 0 Å². The Hall–Kier alpha value is -2.42. The van der Waals surface area contributed by atoms with Crippen molar-refractivity contribution in [3.63, 3.8) is 0 Å². The van der Waals surface area contributed by atoms with Crippen molar-refractivity contribution in [3.05, 3.63) is 42.2 Å². The molecule has 1 saturated heterocycles. The van der Waals surface area contributed by atoms with E-state index in [4.69, 9.17) is 9.47 Å². The van der Waals surface area contributed by atoms with Crippen LogP contribution >= 0.6 is 0 Å². The lowest BCUT2D eigenvalue weighted by Crippen LogP contribution is -2.46. The van der Waals surface area contributed by atoms with E-state index in [9.17, 15) is 5.11 Å². The quantitative estimate of drug-likeness (QED) is 0.581. The largest absolute Gasteiger partial charge is 0.493 e. The standard InChI is InChI=1S/C23H35N5O3/c1-4-26(5-2)17-20(29)18-31-22-15-19(7-8-21(22)30-3)16-27-11-13-28(14-12-27)23-24-9-6-10-25-23/h6-10,15,20,29H,4-5,11-14,16-18H2,1-3H3/t20-/m0/s1. The molecule has 170 valence electrons. The van der Waals surface area contributed by atoms with E-state index in [0.717, 1.165) is 51.8 Å². The Morgan fingerprint density at radius 2 is 1.77 bits per heavy atom. The highest BCUT2D eigenvalue weighted by atomic mass is 16.5. The van der Waals surface area contributed by atoms with Gasteiger partial charge in [0, 0.05) is 51.7 Å². The highest BCUT2D eigenvalue weighted by molar-refractivity contribution is 5.43. The summed E-state index contributed by atoms with van der Waals surface area (Å²) < 4.78 is 11.4. The number of aliphatic hydroxyl groups is 1. The van der Waals surface area contributed by atoms with Gasteiger partial charge in [0.05, 0.1) is 7.11 Å². The van der Waals surface area contributed by atoms with Crippen LogP contribution in [0.5, 0.6) is 11.5 Å². The van der Waals surface area contributed by atoms with Crippen LogP contribution in [0.3, 0.4) is 0 Å². The number of nitrogens with zero attached hydrogens (tertiary/aromatic N) is 5. The van der Waals surface area contributed by atoms with Gasteiger partial charge in [0.15, 0.2) is 11.5 Å². The number of benzene rings is 1. The van der Waals surface area contributed by atoms with Crippen molar-refractivity contribution >= 4 is 5.95 Å². The molecule has 2 heterocycles. The average molecular weight is 430 g/mol. The van der Waals surface area contributed by atoms with Gasteiger partial charge in [-0.05, 0) is 36.9 Å². The Balaban J connectivity index is 1.54. The number of likely N-dealkylation sites (N-methyl/N-ethyl adjacent to an activating group) is 1. The van der Waals surface area contributed by atoms with Crippen molar-refractivity contribution in [2.75, 3.05) is 64.4 Å². The van der Waals surface area contributed by atoms with Crippen molar-refractivity contribution in [1.29, 1.82) is 0 Å². The lowest BCUT2D eigenvalue weighted by Gasteiger charge is -2.34. The molecule has 1 N–H and O–H groups in total. The first kappa shape index (κ1) is 23.2. The predicted molar refractivity (Wildman–Crippen MR) is 122 cm³/mol. The van der Waals surface area contributed by atoms with Gasteiger partial charge in [-0.2, -0.15) is 0 Å². The number of aliphatic hydroxyl groups excluding tert-OH is 1. The van der Waals surface area contributed by atoms with Crippen LogP contribution in [0.2, 0.25) is 0 Å². The lowest BCUT2D eigenvalue weighted by atomic mass is 10.1. The minimum atomic E-state index is -0.540. The zero-order chi connectivity index (χ0) is 22.1. The first-order valence-electron chi connectivity index (χ1n) is 11.1. The third-order valence-electron chi connectivity index (χ3n) is 5.64. The highest BCUT2D eigenvalue weighted by Crippen LogP contribution is 2.29. The topological polar surface area (TPSA) is 74.2 Å². The molecule has 31 heavy (non-hydrogen) atoms.